The minimum absolute atomic E-state index is 0.0785. The Balaban J connectivity index is 1.23. The van der Waals surface area contributed by atoms with Crippen molar-refractivity contribution in [3.8, 4) is 11.1 Å². The highest BCUT2D eigenvalue weighted by molar-refractivity contribution is 6.01. The fraction of sp³-hybridized carbons (Fsp3) is 0.292. The molecule has 1 atom stereocenters. The van der Waals surface area contributed by atoms with E-state index in [1.54, 1.807) is 0 Å². The van der Waals surface area contributed by atoms with Crippen molar-refractivity contribution < 1.29 is 28.9 Å². The molecule has 10 nitrogen and oxygen atoms in total. The number of carboxylic acids is 1. The number of benzene rings is 2. The Hall–Kier alpha value is -4.21. The van der Waals surface area contributed by atoms with Gasteiger partial charge < -0.3 is 15.2 Å². The van der Waals surface area contributed by atoms with E-state index in [0.29, 0.717) is 6.42 Å². The molecule has 0 saturated heterocycles. The van der Waals surface area contributed by atoms with Gasteiger partial charge in [-0.1, -0.05) is 61.4 Å². The number of carbonyl (C=O) groups is 3. The Morgan fingerprint density at radius 1 is 1.03 bits per heavy atom. The van der Waals surface area contributed by atoms with E-state index in [0.717, 1.165) is 35.1 Å². The van der Waals surface area contributed by atoms with E-state index in [1.807, 2.05) is 48.5 Å². The summed E-state index contributed by atoms with van der Waals surface area (Å²) in [6, 6.07) is 14.8. The molecule has 3 N–H and O–H groups in total. The number of carboxylic acid groups (broad SMARTS) is 1. The molecule has 5 rings (SSSR count). The SMILES string of the molecule is O=C(Nc1nonc1C(=O)NC(CC1CC1)C(=O)O)OCC1c2ccccc2-c2ccccc21. The van der Waals surface area contributed by atoms with E-state index in [-0.39, 0.29) is 30.0 Å². The van der Waals surface area contributed by atoms with Crippen molar-refractivity contribution in [2.45, 2.75) is 31.2 Å². The van der Waals surface area contributed by atoms with Crippen LogP contribution in [0.5, 0.6) is 0 Å². The molecule has 1 fully saturated rings. The van der Waals surface area contributed by atoms with Crippen LogP contribution in [0.1, 0.15) is 46.8 Å². The minimum Gasteiger partial charge on any atom is -0.480 e. The monoisotopic (exact) mass is 462 g/mol. The van der Waals surface area contributed by atoms with Gasteiger partial charge in [0.15, 0.2) is 0 Å². The van der Waals surface area contributed by atoms with E-state index in [4.69, 9.17) is 4.74 Å². The molecular formula is C24H22N4O6. The normalized spacial score (nSPS) is 15.2. The van der Waals surface area contributed by atoms with Crippen molar-refractivity contribution in [3.63, 3.8) is 0 Å². The highest BCUT2D eigenvalue weighted by Gasteiger charge is 2.33. The summed E-state index contributed by atoms with van der Waals surface area (Å²) in [7, 11) is 0. The van der Waals surface area contributed by atoms with Gasteiger partial charge in [-0.15, -0.1) is 0 Å². The first-order valence-electron chi connectivity index (χ1n) is 11.0. The van der Waals surface area contributed by atoms with Crippen molar-refractivity contribution >= 4 is 23.8 Å². The summed E-state index contributed by atoms with van der Waals surface area (Å²) < 4.78 is 10.0. The molecule has 34 heavy (non-hydrogen) atoms. The first kappa shape index (κ1) is 21.6. The minimum atomic E-state index is -1.14. The van der Waals surface area contributed by atoms with Crippen LogP contribution in [0, 0.1) is 5.92 Å². The molecule has 3 aromatic rings. The molecule has 0 spiro atoms. The average molecular weight is 462 g/mol. The van der Waals surface area contributed by atoms with Crippen molar-refractivity contribution in [2.75, 3.05) is 11.9 Å². The van der Waals surface area contributed by atoms with Gasteiger partial charge in [0.05, 0.1) is 0 Å². The number of anilines is 1. The zero-order valence-electron chi connectivity index (χ0n) is 18.1. The van der Waals surface area contributed by atoms with Crippen molar-refractivity contribution in [1.29, 1.82) is 0 Å². The Labute approximate surface area is 194 Å². The van der Waals surface area contributed by atoms with Gasteiger partial charge in [-0.05, 0) is 44.9 Å². The van der Waals surface area contributed by atoms with E-state index in [2.05, 4.69) is 25.6 Å². The number of fused-ring (bicyclic) bond motifs is 3. The van der Waals surface area contributed by atoms with E-state index < -0.39 is 24.0 Å². The Bertz CT molecular complexity index is 1210. The van der Waals surface area contributed by atoms with E-state index >= 15 is 0 Å². The van der Waals surface area contributed by atoms with Gasteiger partial charge in [-0.25, -0.2) is 14.2 Å². The molecule has 10 heteroatoms. The number of ether oxygens (including phenoxy) is 1. The second-order valence-electron chi connectivity index (χ2n) is 8.46. The standard InChI is InChI=1S/C24H22N4O6/c29-22(25-19(23(30)31)11-13-9-10-13)20-21(28-34-27-20)26-24(32)33-12-18-16-7-3-1-5-14(16)15-6-2-4-8-17(15)18/h1-8,13,18-19H,9-12H2,(H,25,29)(H,30,31)(H,26,28,32). The van der Waals surface area contributed by atoms with Crippen LogP contribution < -0.4 is 10.6 Å². The fourth-order valence-electron chi connectivity index (χ4n) is 4.29. The number of carbonyl (C=O) groups excluding carboxylic acids is 2. The quantitative estimate of drug-likeness (QED) is 0.462. The van der Waals surface area contributed by atoms with Gasteiger partial charge in [0, 0.05) is 5.92 Å². The number of aromatic nitrogens is 2. The van der Waals surface area contributed by atoms with Crippen LogP contribution in [0.2, 0.25) is 0 Å². The molecule has 2 aromatic carbocycles. The first-order chi connectivity index (χ1) is 16.5. The molecule has 0 radical (unpaired) electrons. The molecule has 2 aliphatic carbocycles. The largest absolute Gasteiger partial charge is 0.480 e. The number of amides is 2. The Kier molecular flexibility index (Phi) is 5.70. The van der Waals surface area contributed by atoms with Crippen LogP contribution in [-0.2, 0) is 9.53 Å². The highest BCUT2D eigenvalue weighted by Crippen LogP contribution is 2.44. The summed E-state index contributed by atoms with van der Waals surface area (Å²) in [5.41, 5.74) is 4.01. The molecule has 1 saturated carbocycles. The number of nitrogens with one attached hydrogen (secondary N) is 2. The van der Waals surface area contributed by atoms with Crippen LogP contribution in [0.3, 0.4) is 0 Å². The van der Waals surface area contributed by atoms with Gasteiger partial charge in [0.25, 0.3) is 5.91 Å². The fourth-order valence-corrected chi connectivity index (χ4v) is 4.29. The number of aliphatic carboxylic acids is 1. The maximum absolute atomic E-state index is 12.5. The summed E-state index contributed by atoms with van der Waals surface area (Å²) in [5.74, 6) is -2.03. The Morgan fingerprint density at radius 3 is 2.29 bits per heavy atom. The van der Waals surface area contributed by atoms with Gasteiger partial charge >= 0.3 is 12.1 Å². The molecule has 1 heterocycles. The zero-order valence-corrected chi connectivity index (χ0v) is 18.1. The van der Waals surface area contributed by atoms with Gasteiger partial charge in [-0.3, -0.25) is 10.1 Å². The summed E-state index contributed by atoms with van der Waals surface area (Å²) >= 11 is 0. The number of rotatable bonds is 8. The third kappa shape index (κ3) is 4.34. The summed E-state index contributed by atoms with van der Waals surface area (Å²) in [6.45, 7) is 0.0785. The lowest BCUT2D eigenvalue weighted by Crippen LogP contribution is -2.41. The molecule has 174 valence electrons. The van der Waals surface area contributed by atoms with Crippen molar-refractivity contribution in [1.82, 2.24) is 15.6 Å². The third-order valence-corrected chi connectivity index (χ3v) is 6.14. The molecule has 0 bridgehead atoms. The van der Waals surface area contributed by atoms with Gasteiger partial charge in [0.2, 0.25) is 11.5 Å². The smallest absolute Gasteiger partial charge is 0.412 e. The molecule has 1 aromatic heterocycles. The molecule has 2 amide bonds. The summed E-state index contributed by atoms with van der Waals surface area (Å²) in [5, 5.41) is 21.2. The van der Waals surface area contributed by atoms with Crippen molar-refractivity contribution in [3.05, 3.63) is 65.4 Å². The first-order valence-corrected chi connectivity index (χ1v) is 11.0. The second-order valence-corrected chi connectivity index (χ2v) is 8.46. The third-order valence-electron chi connectivity index (χ3n) is 6.14. The van der Waals surface area contributed by atoms with E-state index in [9.17, 15) is 19.5 Å². The molecular weight excluding hydrogens is 440 g/mol. The maximum Gasteiger partial charge on any atom is 0.412 e. The molecule has 2 aliphatic rings. The zero-order chi connectivity index (χ0) is 23.7. The van der Waals surface area contributed by atoms with Crippen LogP contribution in [-0.4, -0.2) is 46.0 Å². The van der Waals surface area contributed by atoms with Crippen LogP contribution in [0.4, 0.5) is 10.6 Å². The topological polar surface area (TPSA) is 144 Å². The van der Waals surface area contributed by atoms with Crippen LogP contribution in [0.15, 0.2) is 53.2 Å². The number of hydrogen-bond donors (Lipinski definition) is 3. The predicted molar refractivity (Wildman–Crippen MR) is 119 cm³/mol. The number of nitrogens with zero attached hydrogens (tertiary/aromatic N) is 2. The van der Waals surface area contributed by atoms with E-state index in [1.165, 1.54) is 0 Å². The van der Waals surface area contributed by atoms with Gasteiger partial charge in [0.1, 0.15) is 12.6 Å². The molecule has 1 unspecified atom stereocenters. The Morgan fingerprint density at radius 2 is 1.68 bits per heavy atom. The summed E-state index contributed by atoms with van der Waals surface area (Å²) in [6.07, 6.45) is 1.39. The average Bonchev–Trinajstić information content (AvgIpc) is 3.43. The lowest BCUT2D eigenvalue weighted by molar-refractivity contribution is -0.139. The van der Waals surface area contributed by atoms with Crippen molar-refractivity contribution in [2.24, 2.45) is 5.92 Å². The summed E-state index contributed by atoms with van der Waals surface area (Å²) in [4.78, 5) is 36.5. The lowest BCUT2D eigenvalue weighted by Gasteiger charge is -2.14. The predicted octanol–water partition coefficient (Wildman–Crippen LogP) is 3.41. The van der Waals surface area contributed by atoms with Crippen LogP contribution >= 0.6 is 0 Å². The van der Waals surface area contributed by atoms with Gasteiger partial charge in [-0.2, -0.15) is 0 Å². The second kappa shape index (κ2) is 8.97. The lowest BCUT2D eigenvalue weighted by atomic mass is 9.98. The van der Waals surface area contributed by atoms with Crippen LogP contribution in [0.25, 0.3) is 11.1 Å². The number of hydrogen-bond acceptors (Lipinski definition) is 7. The molecule has 0 aliphatic heterocycles. The maximum atomic E-state index is 12.5. The highest BCUT2D eigenvalue weighted by atomic mass is 16.6.